The fourth-order valence-corrected chi connectivity index (χ4v) is 1.09. The molecular weight excluding hydrogens is 192 g/mol. The lowest BCUT2D eigenvalue weighted by Crippen LogP contribution is -2.20. The number of aryl methyl sites for hydroxylation is 1. The van der Waals surface area contributed by atoms with E-state index in [1.54, 1.807) is 19.1 Å². The highest BCUT2D eigenvalue weighted by atomic mass is 16.5. The molecule has 0 aliphatic heterocycles. The van der Waals surface area contributed by atoms with Crippen molar-refractivity contribution in [1.29, 1.82) is 0 Å². The number of carbonyl (C=O) groups excluding carboxylic acids is 1. The Kier molecular flexibility index (Phi) is 3.77. The van der Waals surface area contributed by atoms with Crippen molar-refractivity contribution in [2.45, 2.75) is 20.3 Å². The molecule has 1 rings (SSSR count). The quantitative estimate of drug-likeness (QED) is 0.248. The van der Waals surface area contributed by atoms with Crippen LogP contribution in [-0.2, 0) is 4.79 Å². The number of hydrogen-bond donors (Lipinski definition) is 0. The van der Waals surface area contributed by atoms with E-state index in [1.165, 1.54) is 0 Å². The highest BCUT2D eigenvalue weighted by Crippen LogP contribution is 2.16. The van der Waals surface area contributed by atoms with Crippen molar-refractivity contribution in [2.24, 2.45) is 0 Å². The largest absolute Gasteiger partial charge is 0.422 e. The zero-order chi connectivity index (χ0) is 11.3. The van der Waals surface area contributed by atoms with E-state index in [1.807, 2.05) is 19.1 Å². The minimum atomic E-state index is -0.616. The summed E-state index contributed by atoms with van der Waals surface area (Å²) in [7, 11) is 0. The topological polar surface area (TPSA) is 62.7 Å². The van der Waals surface area contributed by atoms with Gasteiger partial charge in [-0.25, -0.2) is 4.79 Å². The predicted molar refractivity (Wildman–Crippen MR) is 55.7 cm³/mol. The van der Waals surface area contributed by atoms with Crippen molar-refractivity contribution in [3.63, 3.8) is 0 Å². The number of para-hydroxylation sites is 1. The fourth-order valence-electron chi connectivity index (χ4n) is 1.09. The van der Waals surface area contributed by atoms with E-state index in [4.69, 9.17) is 10.3 Å². The van der Waals surface area contributed by atoms with Gasteiger partial charge in [-0.15, -0.1) is 0 Å². The summed E-state index contributed by atoms with van der Waals surface area (Å²) in [6.07, 6.45) is 0.335. The average molecular weight is 204 g/mol. The summed E-state index contributed by atoms with van der Waals surface area (Å²) < 4.78 is 5.06. The van der Waals surface area contributed by atoms with Gasteiger partial charge < -0.3 is 10.3 Å². The number of nitrogens with zero attached hydrogens (tertiary/aromatic N) is 2. The zero-order valence-corrected chi connectivity index (χ0v) is 8.73. The van der Waals surface area contributed by atoms with Crippen LogP contribution in [0.3, 0.4) is 0 Å². The standard InChI is InChI=1S/C11H12N2O2/c1-3-9(13-12)11(14)15-10-7-5-4-6-8(10)2/h4-7H,3H2,1-2H3. The first-order valence-corrected chi connectivity index (χ1v) is 4.67. The molecule has 0 unspecified atom stereocenters. The molecule has 0 atom stereocenters. The average Bonchev–Trinajstić information content (AvgIpc) is 2.23. The second-order valence-electron chi connectivity index (χ2n) is 3.06. The molecule has 0 aromatic heterocycles. The van der Waals surface area contributed by atoms with E-state index < -0.39 is 5.97 Å². The summed E-state index contributed by atoms with van der Waals surface area (Å²) in [5.74, 6) is -0.133. The third kappa shape index (κ3) is 2.76. The molecule has 0 spiro atoms. The molecule has 78 valence electrons. The van der Waals surface area contributed by atoms with Gasteiger partial charge >= 0.3 is 11.7 Å². The number of carbonyl (C=O) groups is 1. The van der Waals surface area contributed by atoms with Crippen molar-refractivity contribution < 1.29 is 14.3 Å². The summed E-state index contributed by atoms with van der Waals surface area (Å²) in [4.78, 5) is 14.3. The van der Waals surface area contributed by atoms with Crippen molar-refractivity contribution in [1.82, 2.24) is 0 Å². The van der Waals surface area contributed by atoms with Gasteiger partial charge in [-0.3, -0.25) is 0 Å². The van der Waals surface area contributed by atoms with Gasteiger partial charge in [-0.2, -0.15) is 4.79 Å². The van der Waals surface area contributed by atoms with Crippen molar-refractivity contribution in [2.75, 3.05) is 0 Å². The molecule has 1 aromatic carbocycles. The van der Waals surface area contributed by atoms with Crippen LogP contribution >= 0.6 is 0 Å². The van der Waals surface area contributed by atoms with Gasteiger partial charge in [0.05, 0.1) is 6.42 Å². The predicted octanol–water partition coefficient (Wildman–Crippen LogP) is 1.98. The van der Waals surface area contributed by atoms with Crippen molar-refractivity contribution in [3.05, 3.63) is 35.4 Å². The number of hydrogen-bond acceptors (Lipinski definition) is 2. The van der Waals surface area contributed by atoms with Crippen LogP contribution in [0.2, 0.25) is 0 Å². The van der Waals surface area contributed by atoms with Gasteiger partial charge in [0.1, 0.15) is 5.75 Å². The highest BCUT2D eigenvalue weighted by Gasteiger charge is 2.20. The molecule has 0 amide bonds. The minimum Gasteiger partial charge on any atom is -0.418 e. The van der Waals surface area contributed by atoms with Crippen molar-refractivity contribution in [3.8, 4) is 5.75 Å². The molecule has 0 saturated heterocycles. The van der Waals surface area contributed by atoms with E-state index in [9.17, 15) is 4.79 Å². The maximum Gasteiger partial charge on any atom is 0.422 e. The number of rotatable bonds is 3. The lowest BCUT2D eigenvalue weighted by Gasteiger charge is -2.03. The summed E-state index contributed by atoms with van der Waals surface area (Å²) in [5, 5.41) is 0. The lowest BCUT2D eigenvalue weighted by atomic mass is 10.2. The Morgan fingerprint density at radius 3 is 2.67 bits per heavy atom. The molecule has 0 aliphatic carbocycles. The molecule has 0 fully saturated rings. The first kappa shape index (κ1) is 11.1. The Morgan fingerprint density at radius 2 is 2.13 bits per heavy atom. The van der Waals surface area contributed by atoms with Crippen LogP contribution in [0, 0.1) is 6.92 Å². The molecule has 4 nitrogen and oxygen atoms in total. The molecule has 0 radical (unpaired) electrons. The molecule has 0 bridgehead atoms. The third-order valence-electron chi connectivity index (χ3n) is 1.99. The molecular formula is C11H12N2O2. The van der Waals surface area contributed by atoms with E-state index in [0.29, 0.717) is 12.2 Å². The van der Waals surface area contributed by atoms with E-state index in [2.05, 4.69) is 4.79 Å². The molecule has 1 aromatic rings. The van der Waals surface area contributed by atoms with E-state index in [-0.39, 0.29) is 5.71 Å². The summed E-state index contributed by atoms with van der Waals surface area (Å²) >= 11 is 0. The van der Waals surface area contributed by atoms with Crippen LogP contribution in [-0.4, -0.2) is 16.5 Å². The maximum absolute atomic E-state index is 11.4. The summed E-state index contributed by atoms with van der Waals surface area (Å²) in [6, 6.07) is 7.16. The molecule has 0 N–H and O–H groups in total. The van der Waals surface area contributed by atoms with E-state index >= 15 is 0 Å². The van der Waals surface area contributed by atoms with Crippen LogP contribution in [0.4, 0.5) is 0 Å². The van der Waals surface area contributed by atoms with Crippen LogP contribution in [0.1, 0.15) is 18.9 Å². The molecule has 0 saturated carbocycles. The Bertz CT molecular complexity index is 420. The zero-order valence-electron chi connectivity index (χ0n) is 8.73. The highest BCUT2D eigenvalue weighted by molar-refractivity contribution is 6.34. The van der Waals surface area contributed by atoms with Crippen LogP contribution in [0.15, 0.2) is 24.3 Å². The smallest absolute Gasteiger partial charge is 0.418 e. The monoisotopic (exact) mass is 204 g/mol. The third-order valence-corrected chi connectivity index (χ3v) is 1.99. The normalized spacial score (nSPS) is 9.20. The Hall–Kier alpha value is -1.93. The molecule has 0 heterocycles. The molecule has 0 aliphatic rings. The van der Waals surface area contributed by atoms with Gasteiger partial charge in [0.2, 0.25) is 0 Å². The minimum absolute atomic E-state index is 0.0123. The first-order chi connectivity index (χ1) is 7.19. The molecule has 15 heavy (non-hydrogen) atoms. The van der Waals surface area contributed by atoms with Gasteiger partial charge in [0, 0.05) is 0 Å². The SMILES string of the molecule is CCC(=[N+]=[N-])C(=O)Oc1ccccc1C. The Morgan fingerprint density at radius 1 is 1.47 bits per heavy atom. The van der Waals surface area contributed by atoms with Crippen LogP contribution in [0.5, 0.6) is 5.75 Å². The Labute approximate surface area is 88.1 Å². The summed E-state index contributed by atoms with van der Waals surface area (Å²) in [5.41, 5.74) is 9.40. The maximum atomic E-state index is 11.4. The van der Waals surface area contributed by atoms with Gasteiger partial charge in [0.25, 0.3) is 0 Å². The first-order valence-electron chi connectivity index (χ1n) is 4.67. The van der Waals surface area contributed by atoms with Gasteiger partial charge in [-0.1, -0.05) is 25.1 Å². The number of esters is 1. The lowest BCUT2D eigenvalue weighted by molar-refractivity contribution is -0.132. The second-order valence-corrected chi connectivity index (χ2v) is 3.06. The van der Waals surface area contributed by atoms with Crippen molar-refractivity contribution >= 4 is 11.7 Å². The second kappa shape index (κ2) is 5.08. The number of ether oxygens (including phenoxy) is 1. The molecule has 4 heteroatoms. The Balaban J connectivity index is 2.84. The van der Waals surface area contributed by atoms with Crippen LogP contribution < -0.4 is 4.74 Å². The fraction of sp³-hybridized carbons (Fsp3) is 0.273. The summed E-state index contributed by atoms with van der Waals surface area (Å²) in [6.45, 7) is 3.55. The van der Waals surface area contributed by atoms with E-state index in [0.717, 1.165) is 5.56 Å². The van der Waals surface area contributed by atoms with Crippen LogP contribution in [0.25, 0.3) is 5.53 Å². The number of benzene rings is 1. The van der Waals surface area contributed by atoms with Gasteiger partial charge in [-0.05, 0) is 18.6 Å². The van der Waals surface area contributed by atoms with Gasteiger partial charge in [0.15, 0.2) is 0 Å².